The van der Waals surface area contributed by atoms with E-state index in [0.717, 1.165) is 25.2 Å². The summed E-state index contributed by atoms with van der Waals surface area (Å²) in [7, 11) is 0. The molecule has 1 fully saturated rings. The van der Waals surface area contributed by atoms with Crippen LogP contribution in [0.4, 0.5) is 8.78 Å². The molecule has 0 unspecified atom stereocenters. The molecule has 17 heavy (non-hydrogen) atoms. The molecule has 1 aliphatic heterocycles. The van der Waals surface area contributed by atoms with Gasteiger partial charge in [-0.25, -0.2) is 0 Å². The zero-order chi connectivity index (χ0) is 11.4. The Morgan fingerprint density at radius 1 is 1.29 bits per heavy atom. The number of nitrogens with one attached hydrogen (secondary N) is 2. The average Bonchev–Trinajstić information content (AvgIpc) is 2.30. The zero-order valence-electron chi connectivity index (χ0n) is 9.16. The van der Waals surface area contributed by atoms with Crippen LogP contribution in [-0.2, 0) is 0 Å². The molecule has 3 nitrogen and oxygen atoms in total. The van der Waals surface area contributed by atoms with E-state index >= 15 is 0 Å². The lowest BCUT2D eigenvalue weighted by molar-refractivity contribution is -0.0499. The van der Waals surface area contributed by atoms with E-state index in [-0.39, 0.29) is 24.2 Å². The van der Waals surface area contributed by atoms with Gasteiger partial charge in [-0.1, -0.05) is 12.1 Å². The Morgan fingerprint density at radius 2 is 2.12 bits per heavy atom. The maximum absolute atomic E-state index is 12.0. The lowest BCUT2D eigenvalue weighted by Gasteiger charge is -2.25. The van der Waals surface area contributed by atoms with E-state index in [1.807, 2.05) is 6.07 Å². The van der Waals surface area contributed by atoms with Crippen molar-refractivity contribution in [1.29, 1.82) is 0 Å². The molecule has 2 rings (SSSR count). The first-order chi connectivity index (χ1) is 7.75. The fourth-order valence-electron chi connectivity index (χ4n) is 1.80. The standard InChI is InChI=1S/C11H14F2N2O.ClH/c12-11(13)16-9-3-1-2-8(6-9)10-7-14-4-5-15-10;/h1-3,6,10-11,14-15H,4-5,7H2;1H/t10-;/m0./s1. The third-order valence-electron chi connectivity index (χ3n) is 2.53. The summed E-state index contributed by atoms with van der Waals surface area (Å²) in [5, 5.41) is 6.55. The SMILES string of the molecule is Cl.FC(F)Oc1cccc([C@@H]2CNCCN2)c1. The van der Waals surface area contributed by atoms with E-state index < -0.39 is 6.61 Å². The van der Waals surface area contributed by atoms with Gasteiger partial charge in [0.2, 0.25) is 0 Å². The van der Waals surface area contributed by atoms with Gasteiger partial charge >= 0.3 is 6.61 Å². The van der Waals surface area contributed by atoms with Crippen LogP contribution < -0.4 is 15.4 Å². The largest absolute Gasteiger partial charge is 0.435 e. The Bertz CT molecular complexity index is 346. The van der Waals surface area contributed by atoms with E-state index in [9.17, 15) is 8.78 Å². The molecule has 1 aromatic rings. The van der Waals surface area contributed by atoms with Gasteiger partial charge in [-0.15, -0.1) is 12.4 Å². The maximum Gasteiger partial charge on any atom is 0.387 e. The summed E-state index contributed by atoms with van der Waals surface area (Å²) in [6, 6.07) is 6.98. The Kier molecular flexibility index (Phi) is 5.61. The molecule has 0 radical (unpaired) electrons. The first-order valence-corrected chi connectivity index (χ1v) is 5.24. The topological polar surface area (TPSA) is 33.3 Å². The maximum atomic E-state index is 12.0. The number of ether oxygens (including phenoxy) is 1. The molecule has 1 aliphatic rings. The van der Waals surface area contributed by atoms with Crippen LogP contribution in [0.15, 0.2) is 24.3 Å². The van der Waals surface area contributed by atoms with E-state index in [4.69, 9.17) is 0 Å². The monoisotopic (exact) mass is 264 g/mol. The summed E-state index contributed by atoms with van der Waals surface area (Å²) in [4.78, 5) is 0. The minimum atomic E-state index is -2.77. The molecule has 0 aliphatic carbocycles. The molecule has 1 aromatic carbocycles. The Labute approximate surface area is 105 Å². The molecule has 0 saturated carbocycles. The van der Waals surface area contributed by atoms with Crippen molar-refractivity contribution in [2.24, 2.45) is 0 Å². The second-order valence-electron chi connectivity index (χ2n) is 3.66. The first kappa shape index (κ1) is 14.2. The van der Waals surface area contributed by atoms with E-state index in [1.165, 1.54) is 6.07 Å². The van der Waals surface area contributed by atoms with Crippen LogP contribution in [-0.4, -0.2) is 26.2 Å². The van der Waals surface area contributed by atoms with Crippen molar-refractivity contribution in [3.63, 3.8) is 0 Å². The zero-order valence-corrected chi connectivity index (χ0v) is 9.97. The Balaban J connectivity index is 0.00000144. The van der Waals surface area contributed by atoms with Gasteiger partial charge in [-0.2, -0.15) is 8.78 Å². The highest BCUT2D eigenvalue weighted by atomic mass is 35.5. The quantitative estimate of drug-likeness (QED) is 0.875. The number of halogens is 3. The number of benzene rings is 1. The molecule has 0 aromatic heterocycles. The number of piperazine rings is 1. The van der Waals surface area contributed by atoms with Crippen LogP contribution in [0.1, 0.15) is 11.6 Å². The molecule has 96 valence electrons. The molecular formula is C11H15ClF2N2O. The fraction of sp³-hybridized carbons (Fsp3) is 0.455. The van der Waals surface area contributed by atoms with Gasteiger partial charge in [0, 0.05) is 25.7 Å². The van der Waals surface area contributed by atoms with Crippen LogP contribution in [0.5, 0.6) is 5.75 Å². The second-order valence-corrected chi connectivity index (χ2v) is 3.66. The van der Waals surface area contributed by atoms with E-state index in [2.05, 4.69) is 15.4 Å². The molecule has 6 heteroatoms. The minimum absolute atomic E-state index is 0. The second kappa shape index (κ2) is 6.74. The van der Waals surface area contributed by atoms with Crippen LogP contribution >= 0.6 is 12.4 Å². The Hall–Kier alpha value is -0.910. The van der Waals surface area contributed by atoms with Crippen LogP contribution in [0.3, 0.4) is 0 Å². The van der Waals surface area contributed by atoms with Crippen LogP contribution in [0.2, 0.25) is 0 Å². The molecule has 1 heterocycles. The van der Waals surface area contributed by atoms with Gasteiger partial charge < -0.3 is 15.4 Å². The molecule has 2 N–H and O–H groups in total. The molecule has 0 spiro atoms. The lowest BCUT2D eigenvalue weighted by atomic mass is 10.1. The summed E-state index contributed by atoms with van der Waals surface area (Å²) < 4.78 is 28.5. The van der Waals surface area contributed by atoms with Crippen LogP contribution in [0, 0.1) is 0 Å². The summed E-state index contributed by atoms with van der Waals surface area (Å²) in [6.07, 6.45) is 0. The van der Waals surface area contributed by atoms with Gasteiger partial charge in [0.05, 0.1) is 0 Å². The minimum Gasteiger partial charge on any atom is -0.435 e. The van der Waals surface area contributed by atoms with Crippen molar-refractivity contribution >= 4 is 12.4 Å². The number of rotatable bonds is 3. The van der Waals surface area contributed by atoms with Gasteiger partial charge in [-0.05, 0) is 17.7 Å². The summed E-state index contributed by atoms with van der Waals surface area (Å²) in [5.41, 5.74) is 0.963. The van der Waals surface area contributed by atoms with Crippen molar-refractivity contribution in [2.75, 3.05) is 19.6 Å². The normalized spacial score (nSPS) is 19.8. The van der Waals surface area contributed by atoms with Gasteiger partial charge in [0.15, 0.2) is 0 Å². The highest BCUT2D eigenvalue weighted by Crippen LogP contribution is 2.21. The number of alkyl halides is 2. The summed E-state index contributed by atoms with van der Waals surface area (Å²) in [5.74, 6) is 0.208. The molecule has 1 saturated heterocycles. The highest BCUT2D eigenvalue weighted by molar-refractivity contribution is 5.85. The van der Waals surface area contributed by atoms with Crippen molar-refractivity contribution in [3.8, 4) is 5.75 Å². The highest BCUT2D eigenvalue weighted by Gasteiger charge is 2.15. The molecular weight excluding hydrogens is 250 g/mol. The lowest BCUT2D eigenvalue weighted by Crippen LogP contribution is -2.42. The van der Waals surface area contributed by atoms with Gasteiger partial charge in [0.25, 0.3) is 0 Å². The predicted octanol–water partition coefficient (Wildman–Crippen LogP) is 1.94. The third kappa shape index (κ3) is 4.11. The smallest absolute Gasteiger partial charge is 0.387 e. The fourth-order valence-corrected chi connectivity index (χ4v) is 1.80. The predicted molar refractivity (Wildman–Crippen MR) is 63.9 cm³/mol. The van der Waals surface area contributed by atoms with Crippen molar-refractivity contribution in [2.45, 2.75) is 12.7 Å². The van der Waals surface area contributed by atoms with Crippen molar-refractivity contribution in [1.82, 2.24) is 10.6 Å². The van der Waals surface area contributed by atoms with Crippen LogP contribution in [0.25, 0.3) is 0 Å². The van der Waals surface area contributed by atoms with Gasteiger partial charge in [0.1, 0.15) is 5.75 Å². The van der Waals surface area contributed by atoms with E-state index in [0.29, 0.717) is 0 Å². The average molecular weight is 265 g/mol. The number of hydrogen-bond acceptors (Lipinski definition) is 3. The summed E-state index contributed by atoms with van der Waals surface area (Å²) in [6.45, 7) is -0.153. The molecule has 1 atom stereocenters. The number of hydrogen-bond donors (Lipinski definition) is 2. The van der Waals surface area contributed by atoms with Crippen molar-refractivity contribution < 1.29 is 13.5 Å². The third-order valence-corrected chi connectivity index (χ3v) is 2.53. The van der Waals surface area contributed by atoms with Crippen molar-refractivity contribution in [3.05, 3.63) is 29.8 Å². The van der Waals surface area contributed by atoms with Gasteiger partial charge in [-0.3, -0.25) is 0 Å². The first-order valence-electron chi connectivity index (χ1n) is 5.24. The summed E-state index contributed by atoms with van der Waals surface area (Å²) >= 11 is 0. The molecule has 0 amide bonds. The molecule has 0 bridgehead atoms. The Morgan fingerprint density at radius 3 is 2.76 bits per heavy atom. The van der Waals surface area contributed by atoms with E-state index in [1.54, 1.807) is 12.1 Å².